The average molecular weight is 244 g/mol. The quantitative estimate of drug-likeness (QED) is 0.793. The third-order valence-corrected chi connectivity index (χ3v) is 3.40. The summed E-state index contributed by atoms with van der Waals surface area (Å²) in [5.74, 6) is 0.0479. The fourth-order valence-corrected chi connectivity index (χ4v) is 2.48. The van der Waals surface area contributed by atoms with Crippen molar-refractivity contribution in [2.75, 3.05) is 24.6 Å². The second-order valence-corrected chi connectivity index (χ2v) is 4.67. The topological polar surface area (TPSA) is 41.9 Å². The van der Waals surface area contributed by atoms with Gasteiger partial charge in [-0.15, -0.1) is 0 Å². The molecule has 1 unspecified atom stereocenters. The Kier molecular flexibility index (Phi) is 3.11. The molecule has 2 aliphatic heterocycles. The normalized spacial score (nSPS) is 23.0. The number of hydrogen-bond donors (Lipinski definition) is 0. The van der Waals surface area contributed by atoms with Gasteiger partial charge in [0.2, 0.25) is 5.91 Å². The van der Waals surface area contributed by atoms with Gasteiger partial charge in [0.25, 0.3) is 0 Å². The lowest BCUT2D eigenvalue weighted by Crippen LogP contribution is -2.38. The summed E-state index contributed by atoms with van der Waals surface area (Å²) in [5, 5.41) is 0. The van der Waals surface area contributed by atoms with Crippen molar-refractivity contribution in [1.29, 1.82) is 0 Å². The molecule has 0 saturated carbocycles. The van der Waals surface area contributed by atoms with Crippen LogP contribution in [-0.4, -0.2) is 37.9 Å². The lowest BCUT2D eigenvalue weighted by molar-refractivity contribution is -0.117. The third-order valence-electron chi connectivity index (χ3n) is 3.40. The molecule has 0 aliphatic carbocycles. The molecule has 0 spiro atoms. The lowest BCUT2D eigenvalue weighted by Gasteiger charge is -2.25. The number of carbonyl (C=O) groups is 1. The minimum Gasteiger partial charge on any atom is -0.376 e. The maximum absolute atomic E-state index is 12.1. The zero-order chi connectivity index (χ0) is 12.4. The Morgan fingerprint density at radius 2 is 2.28 bits per heavy atom. The van der Waals surface area contributed by atoms with Gasteiger partial charge < -0.3 is 9.64 Å². The Labute approximate surface area is 106 Å². The van der Waals surface area contributed by atoms with Crippen molar-refractivity contribution in [3.05, 3.63) is 29.8 Å². The second kappa shape index (κ2) is 4.90. The van der Waals surface area contributed by atoms with Gasteiger partial charge in [-0.3, -0.25) is 9.79 Å². The van der Waals surface area contributed by atoms with Gasteiger partial charge >= 0.3 is 0 Å². The Morgan fingerprint density at radius 3 is 3.11 bits per heavy atom. The van der Waals surface area contributed by atoms with Crippen molar-refractivity contribution >= 4 is 17.8 Å². The molecule has 0 aromatic heterocycles. The number of hydrogen-bond acceptors (Lipinski definition) is 3. The van der Waals surface area contributed by atoms with E-state index in [1.54, 1.807) is 6.21 Å². The van der Waals surface area contributed by atoms with Crippen LogP contribution in [0.5, 0.6) is 0 Å². The van der Waals surface area contributed by atoms with Crippen LogP contribution in [0.1, 0.15) is 18.4 Å². The molecule has 1 aromatic rings. The summed E-state index contributed by atoms with van der Waals surface area (Å²) in [6, 6.07) is 7.87. The summed E-state index contributed by atoms with van der Waals surface area (Å²) in [6.45, 7) is 1.67. The average Bonchev–Trinajstić information content (AvgIpc) is 2.84. The molecule has 18 heavy (non-hydrogen) atoms. The summed E-state index contributed by atoms with van der Waals surface area (Å²) in [5.41, 5.74) is 1.94. The van der Waals surface area contributed by atoms with E-state index in [1.807, 2.05) is 29.2 Å². The highest BCUT2D eigenvalue weighted by Gasteiger charge is 2.25. The Hall–Kier alpha value is -1.68. The van der Waals surface area contributed by atoms with Gasteiger partial charge in [0.15, 0.2) is 0 Å². The third kappa shape index (κ3) is 2.16. The lowest BCUT2D eigenvalue weighted by atomic mass is 10.1. The number of rotatable bonds is 2. The second-order valence-electron chi connectivity index (χ2n) is 4.67. The van der Waals surface area contributed by atoms with E-state index in [4.69, 9.17) is 4.74 Å². The molecule has 1 aromatic carbocycles. The Balaban J connectivity index is 1.89. The van der Waals surface area contributed by atoms with Crippen molar-refractivity contribution < 1.29 is 9.53 Å². The van der Waals surface area contributed by atoms with Crippen LogP contribution in [0.15, 0.2) is 29.3 Å². The molecule has 0 N–H and O–H groups in total. The molecule has 1 fully saturated rings. The molecular formula is C14H16N2O2. The highest BCUT2D eigenvalue weighted by Crippen LogP contribution is 2.24. The van der Waals surface area contributed by atoms with Crippen LogP contribution in [-0.2, 0) is 9.53 Å². The van der Waals surface area contributed by atoms with E-state index in [9.17, 15) is 4.79 Å². The maximum atomic E-state index is 12.1. The van der Waals surface area contributed by atoms with E-state index in [2.05, 4.69) is 4.99 Å². The zero-order valence-electron chi connectivity index (χ0n) is 10.2. The largest absolute Gasteiger partial charge is 0.376 e. The molecule has 2 aliphatic rings. The van der Waals surface area contributed by atoms with Crippen LogP contribution in [0.25, 0.3) is 0 Å². The molecule has 1 saturated heterocycles. The van der Waals surface area contributed by atoms with Gasteiger partial charge in [-0.05, 0) is 18.9 Å². The Morgan fingerprint density at radius 1 is 1.39 bits per heavy atom. The number of fused-ring (bicyclic) bond motifs is 1. The fraction of sp³-hybridized carbons (Fsp3) is 0.429. The molecule has 0 bridgehead atoms. The van der Waals surface area contributed by atoms with Crippen LogP contribution in [0.4, 0.5) is 5.69 Å². The van der Waals surface area contributed by atoms with Crippen LogP contribution < -0.4 is 4.90 Å². The van der Waals surface area contributed by atoms with Gasteiger partial charge in [-0.1, -0.05) is 18.2 Å². The van der Waals surface area contributed by atoms with Gasteiger partial charge in [-0.2, -0.15) is 0 Å². The first-order valence-corrected chi connectivity index (χ1v) is 6.35. The molecule has 4 nitrogen and oxygen atoms in total. The molecule has 94 valence electrons. The summed E-state index contributed by atoms with van der Waals surface area (Å²) in [7, 11) is 0. The highest BCUT2D eigenvalue weighted by molar-refractivity contribution is 6.03. The number of nitrogens with zero attached hydrogens (tertiary/aromatic N) is 2. The molecule has 0 radical (unpaired) electrons. The van der Waals surface area contributed by atoms with Crippen LogP contribution in [0.3, 0.4) is 0 Å². The van der Waals surface area contributed by atoms with Crippen LogP contribution in [0.2, 0.25) is 0 Å². The summed E-state index contributed by atoms with van der Waals surface area (Å²) < 4.78 is 5.63. The molecule has 1 atom stereocenters. The van der Waals surface area contributed by atoms with Crippen molar-refractivity contribution in [3.63, 3.8) is 0 Å². The van der Waals surface area contributed by atoms with Crippen LogP contribution in [0, 0.1) is 0 Å². The highest BCUT2D eigenvalue weighted by atomic mass is 16.5. The summed E-state index contributed by atoms with van der Waals surface area (Å²) >= 11 is 0. The van der Waals surface area contributed by atoms with E-state index < -0.39 is 0 Å². The molecule has 4 heteroatoms. The number of carbonyl (C=O) groups excluding carboxylic acids is 1. The number of benzene rings is 1. The predicted molar refractivity (Wildman–Crippen MR) is 70.2 cm³/mol. The first-order chi connectivity index (χ1) is 8.84. The number of benzodiazepines with no additional fused rings is 1. The monoisotopic (exact) mass is 244 g/mol. The molecular weight excluding hydrogens is 228 g/mol. The van der Waals surface area contributed by atoms with Gasteiger partial charge in [0.05, 0.1) is 18.3 Å². The van der Waals surface area contributed by atoms with Crippen molar-refractivity contribution in [3.8, 4) is 0 Å². The zero-order valence-corrected chi connectivity index (χ0v) is 10.2. The Bertz CT molecular complexity index is 478. The van der Waals surface area contributed by atoms with E-state index in [-0.39, 0.29) is 18.6 Å². The number of amides is 1. The van der Waals surface area contributed by atoms with E-state index >= 15 is 0 Å². The van der Waals surface area contributed by atoms with E-state index in [0.29, 0.717) is 6.54 Å². The number of para-hydroxylation sites is 1. The van der Waals surface area contributed by atoms with Crippen molar-refractivity contribution in [2.24, 2.45) is 4.99 Å². The van der Waals surface area contributed by atoms with Gasteiger partial charge in [-0.25, -0.2) is 0 Å². The smallest absolute Gasteiger partial charge is 0.248 e. The first-order valence-electron chi connectivity index (χ1n) is 6.35. The fourth-order valence-electron chi connectivity index (χ4n) is 2.48. The van der Waals surface area contributed by atoms with Gasteiger partial charge in [0, 0.05) is 18.4 Å². The van der Waals surface area contributed by atoms with E-state index in [0.717, 1.165) is 30.7 Å². The van der Waals surface area contributed by atoms with Gasteiger partial charge in [0.1, 0.15) is 6.54 Å². The SMILES string of the molecule is O=C1CN=Cc2ccccc2N1CC1CCCO1. The van der Waals surface area contributed by atoms with Crippen molar-refractivity contribution in [2.45, 2.75) is 18.9 Å². The number of ether oxygens (including phenoxy) is 1. The minimum atomic E-state index is 0.0479. The standard InChI is InChI=1S/C14H16N2O2/c17-14-9-15-8-11-4-1-2-6-13(11)16(14)10-12-5-3-7-18-12/h1-2,4,6,8,12H,3,5,7,9-10H2. The predicted octanol–water partition coefficient (Wildman–Crippen LogP) is 1.63. The summed E-state index contributed by atoms with van der Waals surface area (Å²) in [6.07, 6.45) is 4.07. The maximum Gasteiger partial charge on any atom is 0.248 e. The molecule has 2 heterocycles. The van der Waals surface area contributed by atoms with E-state index in [1.165, 1.54) is 0 Å². The number of anilines is 1. The molecule has 1 amide bonds. The number of aliphatic imine (C=N–C) groups is 1. The molecule has 3 rings (SSSR count). The minimum absolute atomic E-state index is 0.0479. The van der Waals surface area contributed by atoms with Crippen molar-refractivity contribution in [1.82, 2.24) is 0 Å². The first kappa shape index (κ1) is 11.4. The summed E-state index contributed by atoms with van der Waals surface area (Å²) in [4.78, 5) is 18.1. The van der Waals surface area contributed by atoms with Crippen LogP contribution >= 0.6 is 0 Å².